The molecular weight excluding hydrogens is 1290 g/mol. The van der Waals surface area contributed by atoms with Crippen molar-refractivity contribution in [1.29, 1.82) is 0 Å². The van der Waals surface area contributed by atoms with Gasteiger partial charge in [-0.05, 0) is 34.9 Å². The second kappa shape index (κ2) is 29.9. The van der Waals surface area contributed by atoms with E-state index < -0.39 is 0 Å². The first-order chi connectivity index (χ1) is 26.2. The summed E-state index contributed by atoms with van der Waals surface area (Å²) in [4.78, 5) is 0. The molecule has 0 saturated heterocycles. The van der Waals surface area contributed by atoms with Crippen molar-refractivity contribution in [3.63, 3.8) is 0 Å². The molecule has 0 fully saturated rings. The van der Waals surface area contributed by atoms with Crippen LogP contribution in [0.3, 0.4) is 0 Å². The third kappa shape index (κ3) is 19.9. The molecule has 0 unspecified atom stereocenters. The smallest absolute Gasteiger partial charge is 0.0826 e. The van der Waals surface area contributed by atoms with Crippen molar-refractivity contribution in [1.82, 2.24) is 0 Å². The maximum atomic E-state index is 12.9. The van der Waals surface area contributed by atoms with Gasteiger partial charge in [-0.1, -0.05) is 127 Å². The predicted molar refractivity (Wildman–Crippen MR) is 281 cm³/mol. The molecule has 14 heteroatoms. The summed E-state index contributed by atoms with van der Waals surface area (Å²) in [6.45, 7) is 21.8. The molecule has 60 heavy (non-hydrogen) atoms. The van der Waals surface area contributed by atoms with Crippen molar-refractivity contribution >= 4 is 167 Å². The first-order valence-electron chi connectivity index (χ1n) is 17.9. The second-order valence-electron chi connectivity index (χ2n) is 14.3. The summed E-state index contributed by atoms with van der Waals surface area (Å²) < 4.78 is 29.8. The SMILES string of the molecule is C[Si](C)=[Zr+2].C[Si](C)=[Zr+2].Cc1cc2c(Br)cc(F)cc2[cH-]1.Cc1cc2c(Br)cc(F)cc2[cH-]1.Cc1cc2c(C)c(Br)ccc2[cH-]1.Cc1cc2c(C)c(Br)ccc2[cH-]1.Cl.Cl.Cl.Cl. The maximum absolute atomic E-state index is 12.9. The topological polar surface area (TPSA) is 0 Å². The standard InChI is InChI=1S/2C11H10Br.2C10H7BrF.2C2H6Si.4ClH.2Zr/c2*1-7-5-9-3-4-11(12)8(2)10(9)6-7;2*1-6-2-7-4-8(12)5-10(11)9(7)3-6;2*1-3-2;;;;;;/h2*3-6H,1-2H3;2*2-5H,1H3;2*1-2H3;4*1H;;/q4*-1;;;;;;;2*+2. The van der Waals surface area contributed by atoms with E-state index in [0.29, 0.717) is 0 Å². The summed E-state index contributed by atoms with van der Waals surface area (Å²) in [7, 11) is 0. The largest absolute Gasteiger partial charge is 0.218 e. The molecule has 0 heterocycles. The molecule has 8 aromatic carbocycles. The van der Waals surface area contributed by atoms with Crippen LogP contribution in [0.1, 0.15) is 33.4 Å². The van der Waals surface area contributed by atoms with Crippen LogP contribution in [0.5, 0.6) is 0 Å². The van der Waals surface area contributed by atoms with E-state index in [-0.39, 0.29) is 72.1 Å². The molecule has 0 aliphatic carbocycles. The number of hydrogen-bond donors (Lipinski definition) is 0. The molecule has 8 rings (SSSR count). The van der Waals surface area contributed by atoms with Crippen molar-refractivity contribution in [2.24, 2.45) is 0 Å². The Balaban J connectivity index is 0. The van der Waals surface area contributed by atoms with Gasteiger partial charge in [-0.15, -0.1) is 151 Å². The van der Waals surface area contributed by atoms with Crippen LogP contribution in [0.2, 0.25) is 26.2 Å². The van der Waals surface area contributed by atoms with Crippen molar-refractivity contribution < 1.29 is 55.5 Å². The molecule has 8 aromatic rings. The van der Waals surface area contributed by atoms with Gasteiger partial charge in [0.15, 0.2) is 0 Å². The maximum Gasteiger partial charge on any atom is 0.0826 e. The van der Waals surface area contributed by atoms with Gasteiger partial charge < -0.3 is 0 Å². The fraction of sp³-hybridized carbons (Fsp3) is 0.217. The summed E-state index contributed by atoms with van der Waals surface area (Å²) >= 11 is 17.2. The number of benzene rings is 4. The van der Waals surface area contributed by atoms with E-state index in [1.165, 1.54) is 64.9 Å². The van der Waals surface area contributed by atoms with Crippen molar-refractivity contribution in [3.8, 4) is 0 Å². The fourth-order valence-electron chi connectivity index (χ4n) is 5.89. The Morgan fingerprint density at radius 1 is 0.400 bits per heavy atom. The van der Waals surface area contributed by atoms with Crippen LogP contribution in [-0.2, 0) is 46.7 Å². The predicted octanol–water partition coefficient (Wildman–Crippen LogP) is 18.7. The van der Waals surface area contributed by atoms with Crippen molar-refractivity contribution in [3.05, 3.63) is 160 Å². The zero-order valence-corrected chi connectivity index (χ0v) is 51.7. The fourth-order valence-corrected chi connectivity index (χ4v) is 7.71. The molecule has 0 nitrogen and oxygen atoms in total. The minimum Gasteiger partial charge on any atom is -0.218 e. The van der Waals surface area contributed by atoms with Gasteiger partial charge in [0.2, 0.25) is 0 Å². The molecule has 0 spiro atoms. The summed E-state index contributed by atoms with van der Waals surface area (Å²) in [6, 6.07) is 31.5. The normalized spacial score (nSPS) is 9.67. The third-order valence-corrected chi connectivity index (χ3v) is 11.3. The number of halogens is 10. The van der Waals surface area contributed by atoms with Gasteiger partial charge in [0.25, 0.3) is 0 Å². The Kier molecular flexibility index (Phi) is 31.2. The minimum absolute atomic E-state index is 0. The summed E-state index contributed by atoms with van der Waals surface area (Å²) in [5.74, 6) is -0.389. The Bertz CT molecular complexity index is 2440. The molecule has 0 radical (unpaired) electrons. The molecule has 0 aliphatic heterocycles. The van der Waals surface area contributed by atoms with Crippen molar-refractivity contribution in [2.45, 2.75) is 67.7 Å². The first-order valence-corrected chi connectivity index (χ1v) is 33.4. The number of fused-ring (bicyclic) bond motifs is 4. The quantitative estimate of drug-likeness (QED) is 0.105. The van der Waals surface area contributed by atoms with E-state index in [1.807, 2.05) is 38.1 Å². The van der Waals surface area contributed by atoms with Gasteiger partial charge in [-0.2, -0.15) is 24.3 Å². The second-order valence-corrected chi connectivity index (χ2v) is 36.4. The van der Waals surface area contributed by atoms with Crippen LogP contribution in [0, 0.1) is 53.2 Å². The zero-order valence-electron chi connectivity index (χ0n) is 35.1. The van der Waals surface area contributed by atoms with Crippen LogP contribution in [0.4, 0.5) is 8.78 Å². The molecule has 0 bridgehead atoms. The first kappa shape index (κ1) is 62.5. The Morgan fingerprint density at radius 3 is 0.933 bits per heavy atom. The molecule has 0 atom stereocenters. The molecule has 0 saturated carbocycles. The van der Waals surface area contributed by atoms with E-state index in [4.69, 9.17) is 0 Å². The van der Waals surface area contributed by atoms with Crippen molar-refractivity contribution in [2.75, 3.05) is 0 Å². The van der Waals surface area contributed by atoms with Gasteiger partial charge in [0, 0.05) is 8.95 Å². The van der Waals surface area contributed by atoms with Crippen LogP contribution in [-0.4, -0.2) is 10.9 Å². The number of hydrogen-bond acceptors (Lipinski definition) is 0. The molecule has 0 amide bonds. The number of aryl methyl sites for hydroxylation is 6. The van der Waals surface area contributed by atoms with E-state index in [1.54, 1.807) is 58.8 Å². The van der Waals surface area contributed by atoms with Gasteiger partial charge >= 0.3 is 83.7 Å². The minimum atomic E-state index is -0.194. The summed E-state index contributed by atoms with van der Waals surface area (Å²) in [6.07, 6.45) is 0. The summed E-state index contributed by atoms with van der Waals surface area (Å²) in [5.41, 5.74) is 8.09. The Morgan fingerprint density at radius 2 is 0.650 bits per heavy atom. The monoisotopic (exact) mass is 1330 g/mol. The van der Waals surface area contributed by atoms with Gasteiger partial charge in [-0.25, -0.2) is 8.78 Å². The van der Waals surface area contributed by atoms with E-state index in [0.717, 1.165) is 41.6 Å². The van der Waals surface area contributed by atoms with E-state index >= 15 is 0 Å². The van der Waals surface area contributed by atoms with E-state index in [9.17, 15) is 8.78 Å². The molecular formula is C46H50Br4Cl4F2Si2Zr2. The molecule has 0 aromatic heterocycles. The van der Waals surface area contributed by atoms with Crippen LogP contribution >= 0.6 is 113 Å². The Hall–Kier alpha value is 0.460. The average molecular weight is 1340 g/mol. The molecule has 0 aliphatic rings. The van der Waals surface area contributed by atoms with Gasteiger partial charge in [0.1, 0.15) is 0 Å². The number of rotatable bonds is 0. The van der Waals surface area contributed by atoms with Gasteiger partial charge in [-0.3, -0.25) is 0 Å². The van der Waals surface area contributed by atoms with E-state index in [2.05, 4.69) is 166 Å². The van der Waals surface area contributed by atoms with Crippen LogP contribution < -0.4 is 0 Å². The average Bonchev–Trinajstić information content (AvgIpc) is 3.86. The summed E-state index contributed by atoms with van der Waals surface area (Å²) in [5, 5.41) is 9.48. The third-order valence-electron chi connectivity index (χ3n) is 8.24. The van der Waals surface area contributed by atoms with Crippen LogP contribution in [0.25, 0.3) is 43.1 Å². The molecule has 0 N–H and O–H groups in total. The van der Waals surface area contributed by atoms with Crippen LogP contribution in [0.15, 0.2) is 115 Å². The van der Waals surface area contributed by atoms with Gasteiger partial charge in [0.05, 0.1) is 11.6 Å². The molecule has 320 valence electrons. The Labute approximate surface area is 444 Å². The zero-order chi connectivity index (χ0) is 42.0.